The molecule has 9 atom stereocenters. The van der Waals surface area contributed by atoms with Crippen molar-refractivity contribution >= 4 is 65.0 Å². The number of carbonyl (C=O) groups excluding carboxylic acids is 8. The molecule has 2 aromatic rings. The number of nitrogens with zero attached hydrogens (tertiary/aromatic N) is 1. The van der Waals surface area contributed by atoms with Crippen LogP contribution < -0.4 is 43.0 Å². The number of phenolic OH excluding ortho intramolecular Hbond substituents is 2. The molecule has 0 unspecified atom stereocenters. The molecule has 23 heteroatoms. The summed E-state index contributed by atoms with van der Waals surface area (Å²) in [4.78, 5) is 127. The van der Waals surface area contributed by atoms with Gasteiger partial charge in [0.25, 0.3) is 0 Å². The first-order chi connectivity index (χ1) is 41.5. The van der Waals surface area contributed by atoms with Crippen LogP contribution in [0.3, 0.4) is 0 Å². The van der Waals surface area contributed by atoms with Gasteiger partial charge in [0.2, 0.25) is 47.3 Å². The van der Waals surface area contributed by atoms with Crippen molar-refractivity contribution in [2.24, 2.45) is 17.6 Å². The van der Waals surface area contributed by atoms with E-state index in [9.17, 15) is 63.6 Å². The van der Waals surface area contributed by atoms with Crippen LogP contribution in [0.2, 0.25) is 0 Å². The van der Waals surface area contributed by atoms with Gasteiger partial charge in [0, 0.05) is 25.8 Å². The third-order valence-electron chi connectivity index (χ3n) is 15.4. The molecule has 0 spiro atoms. The van der Waals surface area contributed by atoms with Crippen molar-refractivity contribution in [2.45, 2.75) is 237 Å². The maximum atomic E-state index is 14.9. The standard InChI is InChI=1S/C64H103N9O13S/c1-8-9-10-11-12-13-14-15-16-17-18-24-55(77)66-50(37-41(2)3)58(79)67-48(33-36-87-7)57(78)71-53(40-45-27-31-47(76)32-28-45)63(84)73-35-21-23-54(73)61(82)72-56(43(6)74)62(83)70-52(39-44-25-29-46(75)30-26-44)60(81)69-51(38-42(4)5)59(80)68-49(64(85)86)22-19-20-34-65/h25-32,41-43,48-54,56,74-76H,8-24,33-40,65H2,1-7H3,(H,66,77)(H,67,79)(H,68,80)(H,69,81)(H,70,83)(H,71,78)(H,72,82)(H,85,86)/t43-,48+,49+,50+,51+,52+,53+,54+,56+/m1/s1. The van der Waals surface area contributed by atoms with Gasteiger partial charge in [0.05, 0.1) is 6.10 Å². The van der Waals surface area contributed by atoms with Crippen LogP contribution >= 0.6 is 11.8 Å². The van der Waals surface area contributed by atoms with Gasteiger partial charge in [-0.15, -0.1) is 0 Å². The van der Waals surface area contributed by atoms with Gasteiger partial charge in [-0.05, 0) is 130 Å². The predicted molar refractivity (Wildman–Crippen MR) is 337 cm³/mol. The number of carbonyl (C=O) groups is 9. The minimum absolute atomic E-state index is 0.0123. The number of nitrogens with one attached hydrogen (secondary N) is 7. The van der Waals surface area contributed by atoms with Gasteiger partial charge in [0.1, 0.15) is 59.8 Å². The molecule has 1 aliphatic heterocycles. The number of aromatic hydroxyl groups is 2. The number of nitrogens with two attached hydrogens (primary N) is 1. The highest BCUT2D eigenvalue weighted by molar-refractivity contribution is 7.98. The number of hydrogen-bond acceptors (Lipinski definition) is 14. The fraction of sp³-hybridized carbons (Fsp3) is 0.672. The molecular formula is C64H103N9O13S. The third-order valence-corrected chi connectivity index (χ3v) is 16.1. The second-order valence-electron chi connectivity index (χ2n) is 24.0. The Hall–Kier alpha value is -6.46. The molecule has 3 rings (SSSR count). The summed E-state index contributed by atoms with van der Waals surface area (Å²) < 4.78 is 0. The topological polar surface area (TPSA) is 348 Å². The van der Waals surface area contributed by atoms with Crippen LogP contribution in [-0.2, 0) is 56.0 Å². The van der Waals surface area contributed by atoms with Crippen molar-refractivity contribution in [3.8, 4) is 11.5 Å². The Kier molecular flexibility index (Phi) is 35.2. The number of hydrogen-bond donors (Lipinski definition) is 12. The minimum Gasteiger partial charge on any atom is -0.508 e. The van der Waals surface area contributed by atoms with Crippen LogP contribution in [0.15, 0.2) is 48.5 Å². The molecule has 1 saturated heterocycles. The number of amides is 8. The molecule has 1 heterocycles. The van der Waals surface area contributed by atoms with E-state index < -0.39 is 102 Å². The first-order valence-electron chi connectivity index (χ1n) is 31.6. The zero-order valence-electron chi connectivity index (χ0n) is 52.5. The lowest BCUT2D eigenvalue weighted by molar-refractivity contribution is -0.143. The summed E-state index contributed by atoms with van der Waals surface area (Å²) in [6.07, 6.45) is 14.8. The van der Waals surface area contributed by atoms with E-state index in [1.807, 2.05) is 20.1 Å². The third kappa shape index (κ3) is 28.5. The molecule has 1 fully saturated rings. The van der Waals surface area contributed by atoms with Gasteiger partial charge in [-0.2, -0.15) is 11.8 Å². The van der Waals surface area contributed by atoms with Crippen molar-refractivity contribution in [3.63, 3.8) is 0 Å². The van der Waals surface area contributed by atoms with Crippen LogP contribution in [0.4, 0.5) is 0 Å². The summed E-state index contributed by atoms with van der Waals surface area (Å²) in [6, 6.07) is 1.55. The Labute approximate surface area is 519 Å². The molecule has 1 aliphatic rings. The van der Waals surface area contributed by atoms with E-state index in [1.54, 1.807) is 26.0 Å². The number of aliphatic hydroxyl groups is 1. The maximum absolute atomic E-state index is 14.9. The van der Waals surface area contributed by atoms with Gasteiger partial charge in [0.15, 0.2) is 0 Å². The highest BCUT2D eigenvalue weighted by atomic mass is 32.2. The second-order valence-corrected chi connectivity index (χ2v) is 25.0. The molecule has 0 radical (unpaired) electrons. The highest BCUT2D eigenvalue weighted by Gasteiger charge is 2.41. The SMILES string of the molecule is CCCCCCCCCCCCCC(=O)N[C@@H](CC(C)C)C(=O)N[C@@H](CCSC)C(=O)N[C@@H](Cc1ccc(O)cc1)C(=O)N1CCC[C@H]1C(=O)N[C@H](C(=O)N[C@@H](Cc1ccc(O)cc1)C(=O)N[C@@H](CC(C)C)C(=O)N[C@@H](CCCCN)C(=O)O)[C@@H](C)O. The number of aliphatic hydroxyl groups excluding tert-OH is 1. The van der Waals surface area contributed by atoms with Crippen molar-refractivity contribution in [3.05, 3.63) is 59.7 Å². The van der Waals surface area contributed by atoms with Crippen LogP contribution in [0.25, 0.3) is 0 Å². The summed E-state index contributed by atoms with van der Waals surface area (Å²) in [5.41, 5.74) is 6.61. The van der Waals surface area contributed by atoms with Crippen molar-refractivity contribution < 1.29 is 63.6 Å². The van der Waals surface area contributed by atoms with Gasteiger partial charge in [-0.1, -0.05) is 123 Å². The van der Waals surface area contributed by atoms with Gasteiger partial charge in [-0.25, -0.2) is 4.79 Å². The van der Waals surface area contributed by atoms with Crippen LogP contribution in [0, 0.1) is 11.8 Å². The summed E-state index contributed by atoms with van der Waals surface area (Å²) in [5, 5.41) is 60.1. The second kappa shape index (κ2) is 40.9. The fourth-order valence-electron chi connectivity index (χ4n) is 10.5. The number of thioether (sulfide) groups is 1. The van der Waals surface area contributed by atoms with Crippen molar-refractivity contribution in [2.75, 3.05) is 25.1 Å². The summed E-state index contributed by atoms with van der Waals surface area (Å²) in [7, 11) is 0. The van der Waals surface area contributed by atoms with E-state index in [2.05, 4.69) is 44.1 Å². The number of likely N-dealkylation sites (tertiary alicyclic amines) is 1. The fourth-order valence-corrected chi connectivity index (χ4v) is 11.0. The molecule has 0 aliphatic carbocycles. The Bertz CT molecular complexity index is 2450. The number of benzene rings is 2. The van der Waals surface area contributed by atoms with Gasteiger partial charge in [-0.3, -0.25) is 38.4 Å². The van der Waals surface area contributed by atoms with Gasteiger partial charge < -0.3 is 68.3 Å². The molecule has 13 N–H and O–H groups in total. The lowest BCUT2D eigenvalue weighted by Gasteiger charge is -2.32. The Morgan fingerprint density at radius 1 is 0.563 bits per heavy atom. The quantitative estimate of drug-likeness (QED) is 0.0370. The Balaban J connectivity index is 1.84. The smallest absolute Gasteiger partial charge is 0.326 e. The molecule has 2 aromatic carbocycles. The summed E-state index contributed by atoms with van der Waals surface area (Å²) in [6.45, 7) is 11.3. The number of carboxylic acids is 1. The molecular weight excluding hydrogens is 1130 g/mol. The zero-order valence-corrected chi connectivity index (χ0v) is 53.4. The Morgan fingerprint density at radius 2 is 1.02 bits per heavy atom. The van der Waals surface area contributed by atoms with Crippen LogP contribution in [-0.4, -0.2) is 158 Å². The van der Waals surface area contributed by atoms with E-state index in [0.717, 1.165) is 19.3 Å². The van der Waals surface area contributed by atoms with Crippen LogP contribution in [0.1, 0.15) is 181 Å². The number of unbranched alkanes of at least 4 members (excludes halogenated alkanes) is 11. The van der Waals surface area contributed by atoms with E-state index >= 15 is 0 Å². The normalized spacial score (nSPS) is 15.9. The Morgan fingerprint density at radius 3 is 1.53 bits per heavy atom. The van der Waals surface area contributed by atoms with Crippen molar-refractivity contribution in [1.82, 2.24) is 42.1 Å². The first-order valence-corrected chi connectivity index (χ1v) is 32.9. The maximum Gasteiger partial charge on any atom is 0.326 e. The molecule has 0 aromatic heterocycles. The molecule has 22 nitrogen and oxygen atoms in total. The summed E-state index contributed by atoms with van der Waals surface area (Å²) >= 11 is 1.45. The highest BCUT2D eigenvalue weighted by Crippen LogP contribution is 2.22. The average molecular weight is 1240 g/mol. The molecule has 0 bridgehead atoms. The number of aliphatic carboxylic acids is 1. The lowest BCUT2D eigenvalue weighted by atomic mass is 10.00. The number of phenols is 2. The van der Waals surface area contributed by atoms with E-state index in [-0.39, 0.29) is 80.7 Å². The van der Waals surface area contributed by atoms with Crippen molar-refractivity contribution in [1.29, 1.82) is 0 Å². The molecule has 8 amide bonds. The van der Waals surface area contributed by atoms with E-state index in [1.165, 1.54) is 105 Å². The van der Waals surface area contributed by atoms with Crippen LogP contribution in [0.5, 0.6) is 11.5 Å². The first kappa shape index (κ1) is 74.8. The monoisotopic (exact) mass is 1240 g/mol. The molecule has 0 saturated carbocycles. The van der Waals surface area contributed by atoms with Gasteiger partial charge >= 0.3 is 5.97 Å². The number of carboxylic acid groups (broad SMARTS) is 1. The molecule has 488 valence electrons. The average Bonchev–Trinajstić information content (AvgIpc) is 2.68. The predicted octanol–water partition coefficient (Wildman–Crippen LogP) is 5.41. The van der Waals surface area contributed by atoms with E-state index in [0.29, 0.717) is 55.5 Å². The zero-order chi connectivity index (χ0) is 64.4. The largest absolute Gasteiger partial charge is 0.508 e. The lowest BCUT2D eigenvalue weighted by Crippen LogP contribution is -2.62. The number of rotatable bonds is 43. The molecule has 87 heavy (non-hydrogen) atoms. The van der Waals surface area contributed by atoms with E-state index in [4.69, 9.17) is 5.73 Å². The summed E-state index contributed by atoms with van der Waals surface area (Å²) in [5.74, 6) is -6.65. The minimum atomic E-state index is -1.70.